The van der Waals surface area contributed by atoms with E-state index < -0.39 is 0 Å². The highest BCUT2D eigenvalue weighted by Crippen LogP contribution is 2.28. The van der Waals surface area contributed by atoms with Crippen LogP contribution in [0.5, 0.6) is 5.75 Å². The number of phenolic OH excluding ortho intramolecular Hbond substituents is 1. The molecule has 0 radical (unpaired) electrons. The van der Waals surface area contributed by atoms with E-state index in [9.17, 15) is 9.90 Å². The number of fused-ring (bicyclic) bond motifs is 1. The molecule has 1 amide bonds. The Balaban J connectivity index is 1.93. The van der Waals surface area contributed by atoms with Crippen molar-refractivity contribution in [2.75, 3.05) is 7.05 Å². The van der Waals surface area contributed by atoms with Crippen LogP contribution >= 0.6 is 0 Å². The van der Waals surface area contributed by atoms with Crippen molar-refractivity contribution in [3.05, 3.63) is 77.9 Å². The molecule has 0 unspecified atom stereocenters. The average molecular weight is 305 g/mol. The second-order valence-corrected chi connectivity index (χ2v) is 5.71. The minimum Gasteiger partial charge on any atom is -0.508 e. The van der Waals surface area contributed by atoms with Crippen molar-refractivity contribution in [1.29, 1.82) is 0 Å². The third-order valence-corrected chi connectivity index (χ3v) is 4.29. The molecule has 3 rings (SSSR count). The topological polar surface area (TPSA) is 40.5 Å². The number of carbonyl (C=O) groups excluding carboxylic acids is 1. The van der Waals surface area contributed by atoms with E-state index in [0.29, 0.717) is 5.56 Å². The zero-order valence-corrected chi connectivity index (χ0v) is 13.2. The Bertz CT molecular complexity index is 834. The molecule has 0 aliphatic rings. The molecule has 0 aromatic heterocycles. The minimum absolute atomic E-state index is 0.0533. The largest absolute Gasteiger partial charge is 0.508 e. The molecule has 23 heavy (non-hydrogen) atoms. The fraction of sp³-hybridized carbons (Fsp3) is 0.150. The van der Waals surface area contributed by atoms with E-state index in [4.69, 9.17) is 0 Å². The summed E-state index contributed by atoms with van der Waals surface area (Å²) in [5, 5.41) is 11.7. The molecular weight excluding hydrogens is 286 g/mol. The number of hydrogen-bond acceptors (Lipinski definition) is 2. The van der Waals surface area contributed by atoms with Crippen LogP contribution in [0.25, 0.3) is 10.8 Å². The molecule has 0 bridgehead atoms. The average Bonchev–Trinajstić information content (AvgIpc) is 2.60. The van der Waals surface area contributed by atoms with E-state index in [-0.39, 0.29) is 17.7 Å². The Morgan fingerprint density at radius 3 is 2.35 bits per heavy atom. The van der Waals surface area contributed by atoms with Gasteiger partial charge in [-0.3, -0.25) is 4.79 Å². The first kappa shape index (κ1) is 15.1. The molecule has 3 heteroatoms. The summed E-state index contributed by atoms with van der Waals surface area (Å²) in [6.07, 6.45) is 0. The lowest BCUT2D eigenvalue weighted by molar-refractivity contribution is 0.0743. The summed E-state index contributed by atoms with van der Waals surface area (Å²) in [6, 6.07) is 20.6. The van der Waals surface area contributed by atoms with Gasteiger partial charge in [0.05, 0.1) is 6.04 Å². The quantitative estimate of drug-likeness (QED) is 0.780. The van der Waals surface area contributed by atoms with E-state index in [1.165, 1.54) is 17.5 Å². The Morgan fingerprint density at radius 2 is 1.61 bits per heavy atom. The first-order valence-electron chi connectivity index (χ1n) is 7.62. The first-order valence-corrected chi connectivity index (χ1v) is 7.62. The van der Waals surface area contributed by atoms with Gasteiger partial charge in [0.1, 0.15) is 5.75 Å². The van der Waals surface area contributed by atoms with Crippen LogP contribution in [0, 0.1) is 0 Å². The SMILES string of the molecule is C[C@H](c1cccc2ccccc12)N(C)C(=O)c1ccc(O)cc1. The van der Waals surface area contributed by atoms with Crippen LogP contribution in [0.1, 0.15) is 28.9 Å². The van der Waals surface area contributed by atoms with Gasteiger partial charge in [0.25, 0.3) is 5.91 Å². The third-order valence-electron chi connectivity index (χ3n) is 4.29. The summed E-state index contributed by atoms with van der Waals surface area (Å²) in [5.74, 6) is 0.0942. The zero-order valence-electron chi connectivity index (χ0n) is 13.2. The molecule has 0 saturated heterocycles. The number of amides is 1. The lowest BCUT2D eigenvalue weighted by Gasteiger charge is -2.26. The van der Waals surface area contributed by atoms with E-state index in [1.807, 2.05) is 32.2 Å². The van der Waals surface area contributed by atoms with Crippen LogP contribution < -0.4 is 0 Å². The van der Waals surface area contributed by atoms with Gasteiger partial charge in [-0.1, -0.05) is 42.5 Å². The van der Waals surface area contributed by atoms with E-state index in [0.717, 1.165) is 10.9 Å². The van der Waals surface area contributed by atoms with Crippen molar-refractivity contribution >= 4 is 16.7 Å². The third kappa shape index (κ3) is 2.90. The highest BCUT2D eigenvalue weighted by molar-refractivity contribution is 5.95. The number of aromatic hydroxyl groups is 1. The van der Waals surface area contributed by atoms with Gasteiger partial charge in [0.15, 0.2) is 0 Å². The van der Waals surface area contributed by atoms with Crippen molar-refractivity contribution < 1.29 is 9.90 Å². The fourth-order valence-corrected chi connectivity index (χ4v) is 2.81. The van der Waals surface area contributed by atoms with Gasteiger partial charge in [0.2, 0.25) is 0 Å². The van der Waals surface area contributed by atoms with Crippen LogP contribution in [0.2, 0.25) is 0 Å². The van der Waals surface area contributed by atoms with E-state index in [1.54, 1.807) is 17.0 Å². The van der Waals surface area contributed by atoms with Crippen molar-refractivity contribution in [3.63, 3.8) is 0 Å². The molecule has 3 aromatic rings. The van der Waals surface area contributed by atoms with E-state index >= 15 is 0 Å². The van der Waals surface area contributed by atoms with Crippen molar-refractivity contribution in [2.45, 2.75) is 13.0 Å². The molecule has 3 aromatic carbocycles. The Morgan fingerprint density at radius 1 is 0.957 bits per heavy atom. The van der Waals surface area contributed by atoms with Crippen LogP contribution in [0.15, 0.2) is 66.7 Å². The highest BCUT2D eigenvalue weighted by Gasteiger charge is 2.20. The second-order valence-electron chi connectivity index (χ2n) is 5.71. The number of carbonyl (C=O) groups is 1. The zero-order chi connectivity index (χ0) is 16.4. The summed E-state index contributed by atoms with van der Waals surface area (Å²) in [6.45, 7) is 2.03. The van der Waals surface area contributed by atoms with Crippen LogP contribution in [-0.2, 0) is 0 Å². The summed E-state index contributed by atoms with van der Waals surface area (Å²) < 4.78 is 0. The molecule has 0 fully saturated rings. The van der Waals surface area contributed by atoms with Gasteiger partial charge in [-0.2, -0.15) is 0 Å². The summed E-state index contributed by atoms with van der Waals surface area (Å²) in [4.78, 5) is 14.4. The maximum absolute atomic E-state index is 12.7. The van der Waals surface area contributed by atoms with E-state index in [2.05, 4.69) is 24.3 Å². The molecule has 1 atom stereocenters. The van der Waals surface area contributed by atoms with Gasteiger partial charge in [-0.25, -0.2) is 0 Å². The van der Waals surface area contributed by atoms with Gasteiger partial charge in [0, 0.05) is 12.6 Å². The number of phenols is 1. The molecule has 0 spiro atoms. The molecule has 0 saturated carbocycles. The normalized spacial score (nSPS) is 12.1. The lowest BCUT2D eigenvalue weighted by atomic mass is 9.98. The molecule has 116 valence electrons. The number of benzene rings is 3. The van der Waals surface area contributed by atoms with Crippen molar-refractivity contribution in [1.82, 2.24) is 4.90 Å². The lowest BCUT2D eigenvalue weighted by Crippen LogP contribution is -2.29. The summed E-state index contributed by atoms with van der Waals surface area (Å²) in [7, 11) is 1.81. The molecule has 3 nitrogen and oxygen atoms in total. The number of nitrogens with zero attached hydrogens (tertiary/aromatic N) is 1. The van der Waals surface area contributed by atoms with Crippen LogP contribution in [0.3, 0.4) is 0 Å². The van der Waals surface area contributed by atoms with Gasteiger partial charge >= 0.3 is 0 Å². The predicted molar refractivity (Wildman–Crippen MR) is 92.6 cm³/mol. The Kier molecular flexibility index (Phi) is 4.02. The predicted octanol–water partition coefficient (Wildman–Crippen LogP) is 4.38. The molecule has 0 aliphatic carbocycles. The standard InChI is InChI=1S/C20H19NO2/c1-14(18-9-5-7-15-6-3-4-8-19(15)18)21(2)20(23)16-10-12-17(22)13-11-16/h3-14,22H,1-2H3/t14-/m1/s1. The Labute approximate surface area is 135 Å². The van der Waals surface area contributed by atoms with Crippen LogP contribution in [-0.4, -0.2) is 23.0 Å². The first-order chi connectivity index (χ1) is 11.1. The number of hydrogen-bond donors (Lipinski definition) is 1. The minimum atomic E-state index is -0.0644. The molecule has 1 N–H and O–H groups in total. The van der Waals surface area contributed by atoms with Gasteiger partial charge < -0.3 is 10.0 Å². The summed E-state index contributed by atoms with van der Waals surface area (Å²) in [5.41, 5.74) is 1.69. The van der Waals surface area contributed by atoms with Gasteiger partial charge in [-0.05, 0) is 47.5 Å². The fourth-order valence-electron chi connectivity index (χ4n) is 2.81. The van der Waals surface area contributed by atoms with Gasteiger partial charge in [-0.15, -0.1) is 0 Å². The number of rotatable bonds is 3. The smallest absolute Gasteiger partial charge is 0.254 e. The maximum Gasteiger partial charge on any atom is 0.254 e. The molecular formula is C20H19NO2. The molecule has 0 heterocycles. The monoisotopic (exact) mass is 305 g/mol. The van der Waals surface area contributed by atoms with Crippen molar-refractivity contribution in [3.8, 4) is 5.75 Å². The highest BCUT2D eigenvalue weighted by atomic mass is 16.3. The van der Waals surface area contributed by atoms with Crippen LogP contribution in [0.4, 0.5) is 0 Å². The summed E-state index contributed by atoms with van der Waals surface area (Å²) >= 11 is 0. The maximum atomic E-state index is 12.7. The molecule has 0 aliphatic heterocycles. The van der Waals surface area contributed by atoms with Crippen molar-refractivity contribution in [2.24, 2.45) is 0 Å². The Hall–Kier alpha value is -2.81. The second kappa shape index (κ2) is 6.13.